The van der Waals surface area contributed by atoms with Gasteiger partial charge in [0.05, 0.1) is 18.8 Å². The third-order valence-corrected chi connectivity index (χ3v) is 13.0. The average molecular weight is 537 g/mol. The minimum Gasteiger partial charge on any atom is -0.465 e. The molecule has 0 amide bonds. The summed E-state index contributed by atoms with van der Waals surface area (Å²) in [6.07, 6.45) is 15.4. The number of aliphatic hydroxyl groups excluding tert-OH is 1. The van der Waals surface area contributed by atoms with Crippen LogP contribution in [0.5, 0.6) is 0 Å². The number of methoxy groups -OCH3 is 1. The van der Waals surface area contributed by atoms with E-state index in [1.165, 1.54) is 76.9 Å². The van der Waals surface area contributed by atoms with Crippen molar-refractivity contribution in [1.82, 2.24) is 0 Å². The lowest BCUT2D eigenvalue weighted by Crippen LogP contribution is -2.57. The van der Waals surface area contributed by atoms with E-state index in [2.05, 4.69) is 46.8 Å². The molecule has 1 N–H and O–H groups in total. The molecule has 3 nitrogen and oxygen atoms in total. The van der Waals surface area contributed by atoms with Gasteiger partial charge >= 0.3 is 5.97 Å². The molecular formula is C36H56O3. The predicted molar refractivity (Wildman–Crippen MR) is 159 cm³/mol. The fourth-order valence-electron chi connectivity index (χ4n) is 11.0. The lowest BCUT2D eigenvalue weighted by Gasteiger charge is -2.63. The number of carbonyl (C=O) groups is 1. The first kappa shape index (κ1) is 29.2. The van der Waals surface area contributed by atoms with Crippen LogP contribution >= 0.6 is 0 Å². The summed E-state index contributed by atoms with van der Waals surface area (Å²) >= 11 is 0. The minimum absolute atomic E-state index is 0.212. The van der Waals surface area contributed by atoms with Crippen LogP contribution in [-0.2, 0) is 11.2 Å². The summed E-state index contributed by atoms with van der Waals surface area (Å²) in [6.45, 7) is 12.6. The van der Waals surface area contributed by atoms with Crippen molar-refractivity contribution in [3.63, 3.8) is 0 Å². The number of ether oxygens (including phenoxy) is 1. The van der Waals surface area contributed by atoms with Crippen molar-refractivity contribution in [1.29, 1.82) is 0 Å². The first-order valence-electron chi connectivity index (χ1n) is 16.4. The number of esters is 1. The second kappa shape index (κ2) is 11.5. The second-order valence-electron chi connectivity index (χ2n) is 15.3. The Morgan fingerprint density at radius 1 is 0.897 bits per heavy atom. The molecule has 218 valence electrons. The highest BCUT2D eigenvalue weighted by Crippen LogP contribution is 2.69. The smallest absolute Gasteiger partial charge is 0.337 e. The van der Waals surface area contributed by atoms with E-state index in [9.17, 15) is 9.90 Å². The van der Waals surface area contributed by atoms with Gasteiger partial charge in [0, 0.05) is 0 Å². The summed E-state index contributed by atoms with van der Waals surface area (Å²) in [7, 11) is 1.43. The first-order chi connectivity index (χ1) is 18.6. The van der Waals surface area contributed by atoms with E-state index in [0.29, 0.717) is 28.2 Å². The van der Waals surface area contributed by atoms with Crippen LogP contribution in [0, 0.1) is 58.2 Å². The number of hydrogen-bond acceptors (Lipinski definition) is 3. The second-order valence-corrected chi connectivity index (χ2v) is 15.3. The first-order valence-corrected chi connectivity index (χ1v) is 16.4. The highest BCUT2D eigenvalue weighted by molar-refractivity contribution is 5.89. The van der Waals surface area contributed by atoms with Gasteiger partial charge in [0.25, 0.3) is 0 Å². The third-order valence-electron chi connectivity index (χ3n) is 13.0. The van der Waals surface area contributed by atoms with Crippen molar-refractivity contribution in [3.8, 4) is 0 Å². The molecule has 4 saturated carbocycles. The van der Waals surface area contributed by atoms with E-state index in [-0.39, 0.29) is 12.1 Å². The van der Waals surface area contributed by atoms with E-state index in [1.54, 1.807) is 0 Å². The number of carbonyl (C=O) groups excluding carboxylic acids is 1. The van der Waals surface area contributed by atoms with Gasteiger partial charge in [-0.15, -0.1) is 0 Å². The maximum Gasteiger partial charge on any atom is 0.337 e. The molecule has 39 heavy (non-hydrogen) atoms. The summed E-state index contributed by atoms with van der Waals surface area (Å²) in [5.74, 6) is 5.84. The van der Waals surface area contributed by atoms with Crippen LogP contribution in [-0.4, -0.2) is 24.3 Å². The Morgan fingerprint density at radius 2 is 1.56 bits per heavy atom. The molecule has 0 radical (unpaired) electrons. The molecule has 1 aromatic carbocycles. The molecule has 1 aromatic rings. The maximum atomic E-state index is 11.9. The van der Waals surface area contributed by atoms with Gasteiger partial charge in [0.1, 0.15) is 0 Å². The predicted octanol–water partition coefficient (Wildman–Crippen LogP) is 8.72. The van der Waals surface area contributed by atoms with E-state index in [4.69, 9.17) is 4.74 Å². The molecule has 0 aliphatic heterocycles. The molecule has 0 unspecified atom stereocenters. The minimum atomic E-state index is -0.284. The fourth-order valence-corrected chi connectivity index (χ4v) is 11.0. The zero-order valence-corrected chi connectivity index (χ0v) is 25.8. The lowest BCUT2D eigenvalue weighted by atomic mass is 9.42. The van der Waals surface area contributed by atoms with Gasteiger partial charge in [0.15, 0.2) is 0 Å². The highest BCUT2D eigenvalue weighted by Gasteiger charge is 2.61. The number of rotatable bonds is 8. The SMILES string of the molecule is COC(=O)c1ccc(C[C@@H]2[C@@H](O)CC[C@@]3(C)[C@H]2CC[C@@H]2[C@@H]3CC[C@]3(C)[C@@H]([C@H](C)CCCC(C)C)CC[C@@H]23)cc1. The van der Waals surface area contributed by atoms with Gasteiger partial charge in [-0.05, 0) is 134 Å². The molecule has 0 saturated heterocycles. The Kier molecular flexibility index (Phi) is 8.59. The molecule has 0 heterocycles. The molecule has 0 aromatic heterocycles. The van der Waals surface area contributed by atoms with Gasteiger partial charge in [-0.1, -0.05) is 66.0 Å². The van der Waals surface area contributed by atoms with Crippen molar-refractivity contribution in [2.45, 2.75) is 118 Å². The third kappa shape index (κ3) is 5.35. The van der Waals surface area contributed by atoms with Crippen LogP contribution in [0.25, 0.3) is 0 Å². The van der Waals surface area contributed by atoms with E-state index >= 15 is 0 Å². The highest BCUT2D eigenvalue weighted by atomic mass is 16.5. The monoisotopic (exact) mass is 536 g/mol. The van der Waals surface area contributed by atoms with Gasteiger partial charge < -0.3 is 9.84 Å². The molecule has 0 bridgehead atoms. The zero-order valence-electron chi connectivity index (χ0n) is 25.8. The Hall–Kier alpha value is -1.35. The molecule has 4 aliphatic carbocycles. The van der Waals surface area contributed by atoms with Crippen LogP contribution in [0.1, 0.15) is 121 Å². The number of hydrogen-bond donors (Lipinski definition) is 1. The number of aliphatic hydroxyl groups is 1. The largest absolute Gasteiger partial charge is 0.465 e. The standard InChI is InChI=1S/C36H56O3/c1-23(2)8-7-9-24(3)29-16-17-30-27-14-15-31-28(22-25-10-12-26(13-11-25)34(38)39-6)33(37)19-21-36(31,5)32(27)18-20-35(29,30)4/h10-13,23-24,27-33,37H,7-9,14-22H2,1-6H3/t24-,27+,28+,29-,30+,31+,32+,33+,35-,36+/m1/s1. The Bertz CT molecular complexity index is 984. The maximum absolute atomic E-state index is 11.9. The van der Waals surface area contributed by atoms with Crippen LogP contribution in [0.2, 0.25) is 0 Å². The average Bonchev–Trinajstić information content (AvgIpc) is 3.27. The summed E-state index contributed by atoms with van der Waals surface area (Å²) < 4.78 is 4.88. The van der Waals surface area contributed by atoms with Crippen molar-refractivity contribution in [2.75, 3.05) is 7.11 Å². The van der Waals surface area contributed by atoms with Crippen LogP contribution < -0.4 is 0 Å². The Morgan fingerprint density at radius 3 is 2.26 bits per heavy atom. The Labute approximate surface area is 238 Å². The zero-order chi connectivity index (χ0) is 27.9. The molecule has 4 fully saturated rings. The van der Waals surface area contributed by atoms with Gasteiger partial charge in [0.2, 0.25) is 0 Å². The van der Waals surface area contributed by atoms with Gasteiger partial charge in [-0.25, -0.2) is 4.79 Å². The number of fused-ring (bicyclic) bond motifs is 5. The fraction of sp³-hybridized carbons (Fsp3) is 0.806. The topological polar surface area (TPSA) is 46.5 Å². The van der Waals surface area contributed by atoms with E-state index in [0.717, 1.165) is 48.3 Å². The van der Waals surface area contributed by atoms with Crippen LogP contribution in [0.15, 0.2) is 24.3 Å². The molecule has 4 aliphatic rings. The van der Waals surface area contributed by atoms with E-state index in [1.807, 2.05) is 12.1 Å². The summed E-state index contributed by atoms with van der Waals surface area (Å²) in [4.78, 5) is 11.9. The van der Waals surface area contributed by atoms with Crippen molar-refractivity contribution >= 4 is 5.97 Å². The van der Waals surface area contributed by atoms with Crippen molar-refractivity contribution in [2.24, 2.45) is 58.2 Å². The molecule has 10 atom stereocenters. The van der Waals surface area contributed by atoms with Crippen LogP contribution in [0.3, 0.4) is 0 Å². The quantitative estimate of drug-likeness (QED) is 0.338. The van der Waals surface area contributed by atoms with Gasteiger partial charge in [-0.3, -0.25) is 0 Å². The van der Waals surface area contributed by atoms with Gasteiger partial charge in [-0.2, -0.15) is 0 Å². The molecule has 0 spiro atoms. The summed E-state index contributed by atoms with van der Waals surface area (Å²) in [6, 6.07) is 7.91. The number of benzene rings is 1. The lowest BCUT2D eigenvalue weighted by molar-refractivity contribution is -0.152. The van der Waals surface area contributed by atoms with Crippen LogP contribution in [0.4, 0.5) is 0 Å². The normalized spacial score (nSPS) is 40.5. The molecule has 5 rings (SSSR count). The van der Waals surface area contributed by atoms with Crippen molar-refractivity contribution in [3.05, 3.63) is 35.4 Å². The summed E-state index contributed by atoms with van der Waals surface area (Å²) in [5, 5.41) is 11.3. The summed E-state index contributed by atoms with van der Waals surface area (Å²) in [5.41, 5.74) is 2.72. The molecular weight excluding hydrogens is 480 g/mol. The van der Waals surface area contributed by atoms with E-state index < -0.39 is 0 Å². The molecule has 3 heteroatoms. The van der Waals surface area contributed by atoms with Crippen molar-refractivity contribution < 1.29 is 14.6 Å². The Balaban J connectivity index is 1.29.